The van der Waals surface area contributed by atoms with Crippen molar-refractivity contribution in [3.05, 3.63) is 160 Å². The van der Waals surface area contributed by atoms with E-state index in [4.69, 9.17) is 31.3 Å². The molecule has 0 aliphatic carbocycles. The molecule has 0 spiro atoms. The zero-order chi connectivity index (χ0) is 34.6. The topological polar surface area (TPSA) is 132 Å². The molecule has 5 aromatic carbocycles. The summed E-state index contributed by atoms with van der Waals surface area (Å²) in [6.45, 7) is 1.56. The van der Waals surface area contributed by atoms with Crippen LogP contribution in [0.3, 0.4) is 0 Å². The van der Waals surface area contributed by atoms with E-state index in [0.29, 0.717) is 60.4 Å². The normalized spacial score (nSPS) is 12.0. The number of aromatic nitrogens is 2. The number of halogens is 1. The summed E-state index contributed by atoms with van der Waals surface area (Å²) in [5.74, 6) is 1.74. The highest BCUT2D eigenvalue weighted by Gasteiger charge is 2.21. The number of carbonyl (C=O) groups is 1. The van der Waals surface area contributed by atoms with Gasteiger partial charge >= 0.3 is 0 Å². The third-order valence-corrected chi connectivity index (χ3v) is 8.99. The molecule has 2 heterocycles. The lowest BCUT2D eigenvalue weighted by Crippen LogP contribution is -2.30. The van der Waals surface area contributed by atoms with Gasteiger partial charge in [0.25, 0.3) is 5.91 Å². The number of fused-ring (bicyclic) bond motifs is 2. The Hall–Kier alpha value is -6.00. The van der Waals surface area contributed by atoms with Crippen molar-refractivity contribution in [1.29, 1.82) is 5.41 Å². The number of amides is 1. The number of carbonyl (C=O) groups excluding carboxylic acids is 1. The summed E-state index contributed by atoms with van der Waals surface area (Å²) in [5.41, 5.74) is 18.6. The molecule has 0 fully saturated rings. The average molecular weight is 669 g/mol. The van der Waals surface area contributed by atoms with E-state index in [9.17, 15) is 9.18 Å². The fourth-order valence-corrected chi connectivity index (χ4v) is 6.22. The molecule has 5 N–H and O–H groups in total. The van der Waals surface area contributed by atoms with E-state index in [-0.39, 0.29) is 30.9 Å². The van der Waals surface area contributed by atoms with Crippen molar-refractivity contribution in [1.82, 2.24) is 14.5 Å². The predicted molar refractivity (Wildman–Crippen MR) is 191 cm³/mol. The fraction of sp³-hybridized carbons (Fsp3) is 0.175. The van der Waals surface area contributed by atoms with E-state index in [1.807, 2.05) is 84.9 Å². The maximum Gasteiger partial charge on any atom is 0.254 e. The number of nitrogen functional groups attached to an aromatic ring is 1. The second kappa shape index (κ2) is 14.2. The minimum atomic E-state index is -0.359. The Morgan fingerprint density at radius 3 is 2.26 bits per heavy atom. The number of amidine groups is 1. The van der Waals surface area contributed by atoms with Crippen molar-refractivity contribution in [2.24, 2.45) is 11.5 Å². The summed E-state index contributed by atoms with van der Waals surface area (Å²) in [7, 11) is 0. The third-order valence-electron chi connectivity index (χ3n) is 8.99. The number of rotatable bonds is 12. The quantitative estimate of drug-likeness (QED) is 0.103. The zero-order valence-electron chi connectivity index (χ0n) is 27.4. The van der Waals surface area contributed by atoms with Crippen molar-refractivity contribution < 1.29 is 18.7 Å². The Balaban J connectivity index is 1.21. The van der Waals surface area contributed by atoms with Crippen LogP contribution in [-0.4, -0.2) is 33.0 Å². The van der Waals surface area contributed by atoms with Crippen molar-refractivity contribution in [2.45, 2.75) is 39.0 Å². The lowest BCUT2D eigenvalue weighted by Gasteiger charge is -2.24. The largest absolute Gasteiger partial charge is 0.454 e. The summed E-state index contributed by atoms with van der Waals surface area (Å²) in [6.07, 6.45) is 1.36. The number of benzene rings is 5. The second-order valence-corrected chi connectivity index (χ2v) is 12.4. The number of hydrogen-bond acceptors (Lipinski definition) is 6. The molecule has 0 saturated carbocycles. The van der Waals surface area contributed by atoms with Crippen molar-refractivity contribution >= 4 is 22.8 Å². The van der Waals surface area contributed by atoms with Crippen molar-refractivity contribution in [2.75, 3.05) is 6.79 Å². The maximum atomic E-state index is 14.8. The van der Waals surface area contributed by atoms with E-state index in [1.165, 1.54) is 6.07 Å². The van der Waals surface area contributed by atoms with Gasteiger partial charge in [0.2, 0.25) is 6.79 Å². The molecular weight excluding hydrogens is 631 g/mol. The first kappa shape index (κ1) is 32.5. The van der Waals surface area contributed by atoms with E-state index in [2.05, 4.69) is 4.57 Å². The number of nitrogens with zero attached hydrogens (tertiary/aromatic N) is 3. The number of aryl methyl sites for hydroxylation is 2. The number of imidazole rings is 1. The minimum Gasteiger partial charge on any atom is -0.454 e. The molecule has 0 atom stereocenters. The van der Waals surface area contributed by atoms with Crippen LogP contribution < -0.4 is 20.9 Å². The Morgan fingerprint density at radius 2 is 1.50 bits per heavy atom. The Kier molecular flexibility index (Phi) is 9.26. The van der Waals surface area contributed by atoms with Gasteiger partial charge in [0.15, 0.2) is 11.5 Å². The summed E-state index contributed by atoms with van der Waals surface area (Å²) in [5, 5.41) is 7.70. The van der Waals surface area contributed by atoms with E-state index >= 15 is 0 Å². The van der Waals surface area contributed by atoms with E-state index in [1.54, 1.807) is 23.1 Å². The van der Waals surface area contributed by atoms with Crippen LogP contribution in [0.25, 0.3) is 11.0 Å². The highest BCUT2D eigenvalue weighted by Crippen LogP contribution is 2.33. The van der Waals surface area contributed by atoms with Gasteiger partial charge in [-0.2, -0.15) is 0 Å². The van der Waals surface area contributed by atoms with Gasteiger partial charge in [-0.05, 0) is 65.1 Å². The molecule has 1 aliphatic rings. The molecule has 1 amide bonds. The number of ether oxygens (including phenoxy) is 2. The van der Waals surface area contributed by atoms with Gasteiger partial charge in [-0.25, -0.2) is 9.37 Å². The molecule has 10 heteroatoms. The maximum absolute atomic E-state index is 14.8. The van der Waals surface area contributed by atoms with Crippen LogP contribution in [-0.2, 0) is 39.0 Å². The van der Waals surface area contributed by atoms with Crippen LogP contribution in [0.2, 0.25) is 0 Å². The molecule has 50 heavy (non-hydrogen) atoms. The molecule has 1 aliphatic heterocycles. The third kappa shape index (κ3) is 7.06. The highest BCUT2D eigenvalue weighted by molar-refractivity contribution is 5.97. The molecule has 1 aromatic heterocycles. The smallest absolute Gasteiger partial charge is 0.254 e. The summed E-state index contributed by atoms with van der Waals surface area (Å²) in [6, 6.07) is 33.5. The van der Waals surface area contributed by atoms with Gasteiger partial charge in [0.1, 0.15) is 17.5 Å². The van der Waals surface area contributed by atoms with E-state index < -0.39 is 0 Å². The van der Waals surface area contributed by atoms with Crippen molar-refractivity contribution in [3.8, 4) is 11.5 Å². The van der Waals surface area contributed by atoms with Crippen LogP contribution in [0, 0.1) is 11.2 Å². The molecule has 0 bridgehead atoms. The molecule has 7 rings (SSSR count). The SMILES string of the molecule is N=C(N)c1ccc(CCc2nc3cc(C(=O)N(Cc4ccc(CN)cc4)Cc4ccccc4F)ccc3n2Cc2ccc3c(c2)OCO3)cc1. The second-order valence-electron chi connectivity index (χ2n) is 12.4. The first-order chi connectivity index (χ1) is 24.3. The molecule has 0 radical (unpaired) electrons. The highest BCUT2D eigenvalue weighted by atomic mass is 19.1. The summed E-state index contributed by atoms with van der Waals surface area (Å²) in [4.78, 5) is 20.9. The number of nitrogens with one attached hydrogen (secondary N) is 1. The fourth-order valence-electron chi connectivity index (χ4n) is 6.22. The van der Waals surface area contributed by atoms with E-state index in [0.717, 1.165) is 39.3 Å². The lowest BCUT2D eigenvalue weighted by molar-refractivity contribution is 0.0728. The van der Waals surface area contributed by atoms with Gasteiger partial charge in [-0.15, -0.1) is 0 Å². The molecule has 9 nitrogen and oxygen atoms in total. The first-order valence-corrected chi connectivity index (χ1v) is 16.5. The Morgan fingerprint density at radius 1 is 0.800 bits per heavy atom. The minimum absolute atomic E-state index is 0.0318. The van der Waals surface area contributed by atoms with Crippen LogP contribution in [0.15, 0.2) is 109 Å². The van der Waals surface area contributed by atoms with Gasteiger partial charge in [-0.1, -0.05) is 72.8 Å². The molecule has 252 valence electrons. The van der Waals surface area contributed by atoms with Crippen LogP contribution in [0.5, 0.6) is 11.5 Å². The van der Waals surface area contributed by atoms with Gasteiger partial charge in [0, 0.05) is 49.3 Å². The number of hydrogen-bond donors (Lipinski definition) is 3. The molecule has 0 unspecified atom stereocenters. The Bertz CT molecular complexity index is 2180. The van der Waals surface area contributed by atoms with Crippen LogP contribution >= 0.6 is 0 Å². The summed E-state index contributed by atoms with van der Waals surface area (Å²) < 4.78 is 28.1. The summed E-state index contributed by atoms with van der Waals surface area (Å²) >= 11 is 0. The standard InChI is InChI=1S/C40H37FN6O3/c41-33-4-2-1-3-32(33)24-46(22-28-7-5-27(21-42)6-8-28)40(48)31-15-16-35-34(20-31)45-38(18-12-26-9-13-30(14-10-26)39(43)44)47(35)23-29-11-17-36-37(19-29)50-25-49-36/h1-11,13-17,19-20H,12,18,21-25,42H2,(H3,43,44). The van der Waals surface area contributed by atoms with Gasteiger partial charge in [0.05, 0.1) is 11.0 Å². The average Bonchev–Trinajstić information content (AvgIpc) is 3.75. The zero-order valence-corrected chi connectivity index (χ0v) is 27.4. The monoisotopic (exact) mass is 668 g/mol. The molecule has 6 aromatic rings. The Labute approximate surface area is 289 Å². The predicted octanol–water partition coefficient (Wildman–Crippen LogP) is 6.32. The lowest BCUT2D eigenvalue weighted by atomic mass is 10.1. The molecular formula is C40H37FN6O3. The van der Waals surface area contributed by atoms with Crippen LogP contribution in [0.1, 0.15) is 49.6 Å². The van der Waals surface area contributed by atoms with Gasteiger partial charge < -0.3 is 30.4 Å². The first-order valence-electron chi connectivity index (χ1n) is 16.5. The van der Waals surface area contributed by atoms with Gasteiger partial charge in [-0.3, -0.25) is 10.2 Å². The van der Waals surface area contributed by atoms with Crippen LogP contribution in [0.4, 0.5) is 4.39 Å². The molecule has 0 saturated heterocycles. The van der Waals surface area contributed by atoms with Crippen molar-refractivity contribution in [3.63, 3.8) is 0 Å². The number of nitrogens with two attached hydrogens (primary N) is 2.